The van der Waals surface area contributed by atoms with Crippen molar-refractivity contribution in [3.63, 3.8) is 0 Å². The van der Waals surface area contributed by atoms with E-state index in [4.69, 9.17) is 0 Å². The molecule has 28 valence electrons. The average molecular weight is 198 g/mol. The third-order valence-corrected chi connectivity index (χ3v) is 6.28. The predicted octanol–water partition coefficient (Wildman–Crippen LogP) is 2.01. The molecule has 2 aliphatic rings. The van der Waals surface area contributed by atoms with Gasteiger partial charge in [0.15, 0.2) is 0 Å². The molecule has 2 heterocycles. The van der Waals surface area contributed by atoms with Crippen molar-refractivity contribution in [1.29, 1.82) is 0 Å². The Hall–Kier alpha value is 0.820. The fourth-order valence-electron chi connectivity index (χ4n) is 0.338. The number of hydrogen-bond acceptors (Lipinski definition) is 0. The van der Waals surface area contributed by atoms with Crippen LogP contribution in [0.3, 0.4) is 0 Å². The van der Waals surface area contributed by atoms with Crippen LogP contribution in [0.4, 0.5) is 0 Å². The number of halogens is 1. The molecule has 0 bridgehead atoms. The highest BCUT2D eigenvalue weighted by atomic mass is 127. The van der Waals surface area contributed by atoms with Crippen molar-refractivity contribution in [2.75, 3.05) is 5.75 Å². The third kappa shape index (κ3) is 0.233. The maximum absolute atomic E-state index is 2.55. The minimum Gasteiger partial charge on any atom is -0.137 e. The van der Waals surface area contributed by atoms with Gasteiger partial charge in [-0.15, -0.1) is 7.20 Å². The zero-order valence-electron chi connectivity index (χ0n) is 2.57. The molecule has 2 aliphatic heterocycles. The second kappa shape index (κ2) is 0.503. The van der Waals surface area contributed by atoms with Crippen LogP contribution >= 0.6 is 28.4 Å². The van der Waals surface area contributed by atoms with Crippen molar-refractivity contribution in [3.8, 4) is 0 Å². The van der Waals surface area contributed by atoms with E-state index in [1.807, 2.05) is 0 Å². The van der Waals surface area contributed by atoms with Gasteiger partial charge in [0.1, 0.15) is 0 Å². The van der Waals surface area contributed by atoms with Gasteiger partial charge in [-0.2, -0.15) is 0 Å². The molecule has 2 heteroatoms. The highest BCUT2D eigenvalue weighted by Gasteiger charge is 2.52. The van der Waals surface area contributed by atoms with Gasteiger partial charge in [-0.05, 0) is 31.5 Å². The van der Waals surface area contributed by atoms with Gasteiger partial charge in [0.25, 0.3) is 0 Å². The van der Waals surface area contributed by atoms with Crippen molar-refractivity contribution in [3.05, 3.63) is 10.3 Å². The SMILES string of the molecule is IS12C=C1C2. The van der Waals surface area contributed by atoms with E-state index in [9.17, 15) is 0 Å². The van der Waals surface area contributed by atoms with Crippen molar-refractivity contribution < 1.29 is 0 Å². The molecule has 1 fully saturated rings. The summed E-state index contributed by atoms with van der Waals surface area (Å²) in [5.74, 6) is 1.48. The lowest BCUT2D eigenvalue weighted by Crippen LogP contribution is -1.42. The molecule has 5 heavy (non-hydrogen) atoms. The molecule has 0 aromatic heterocycles. The summed E-state index contributed by atoms with van der Waals surface area (Å²) >= 11 is 2.55. The first-order chi connectivity index (χ1) is 2.31. The molecule has 0 N–H and O–H groups in total. The monoisotopic (exact) mass is 198 g/mol. The van der Waals surface area contributed by atoms with Crippen molar-refractivity contribution >= 4 is 28.4 Å². The molecule has 0 saturated carbocycles. The van der Waals surface area contributed by atoms with Gasteiger partial charge < -0.3 is 0 Å². The van der Waals surface area contributed by atoms with Crippen LogP contribution in [0.1, 0.15) is 0 Å². The zero-order chi connectivity index (χ0) is 3.49. The lowest BCUT2D eigenvalue weighted by Gasteiger charge is -1.81. The Kier molecular flexibility index (Phi) is 0.293. The van der Waals surface area contributed by atoms with Crippen molar-refractivity contribution in [1.82, 2.24) is 0 Å². The number of hydrogen-bond donors (Lipinski definition) is 0. The van der Waals surface area contributed by atoms with Gasteiger partial charge in [0.2, 0.25) is 0 Å². The van der Waals surface area contributed by atoms with E-state index >= 15 is 0 Å². The summed E-state index contributed by atoms with van der Waals surface area (Å²) in [5, 5.41) is 2.40. The summed E-state index contributed by atoms with van der Waals surface area (Å²) < 4.78 is 0. The van der Waals surface area contributed by atoms with Crippen molar-refractivity contribution in [2.45, 2.75) is 0 Å². The fourth-order valence-corrected chi connectivity index (χ4v) is 4.82. The van der Waals surface area contributed by atoms with Gasteiger partial charge >= 0.3 is 0 Å². The largest absolute Gasteiger partial charge is 0.137 e. The van der Waals surface area contributed by atoms with E-state index in [0.717, 1.165) is 0 Å². The molecule has 0 spiro atoms. The Bertz CT molecular complexity index is 118. The van der Waals surface area contributed by atoms with Crippen LogP contribution in [0.5, 0.6) is 0 Å². The first kappa shape index (κ1) is 2.91. The Balaban J connectivity index is 2.55. The second-order valence-electron chi connectivity index (χ2n) is 1.43. The molecule has 0 aromatic rings. The highest BCUT2D eigenvalue weighted by Crippen LogP contribution is 2.92. The molecule has 1 unspecified atom stereocenters. The van der Waals surface area contributed by atoms with Crippen LogP contribution in [0.15, 0.2) is 10.3 Å². The maximum atomic E-state index is 2.55. The normalized spacial score (nSPS) is 67.0. The maximum Gasteiger partial charge on any atom is 0.0242 e. The second-order valence-corrected chi connectivity index (χ2v) is 8.61. The first-order valence-electron chi connectivity index (χ1n) is 1.53. The van der Waals surface area contributed by atoms with Gasteiger partial charge in [-0.25, -0.2) is 0 Å². The Morgan fingerprint density at radius 1 is 2.00 bits per heavy atom. The molecule has 0 radical (unpaired) electrons. The minimum absolute atomic E-state index is 0.0117. The van der Waals surface area contributed by atoms with Gasteiger partial charge in [0.05, 0.1) is 0 Å². The summed E-state index contributed by atoms with van der Waals surface area (Å²) in [6, 6.07) is 0. The molecule has 0 nitrogen and oxygen atoms in total. The molecule has 1 saturated heterocycles. The third-order valence-electron chi connectivity index (χ3n) is 0.960. The molecular formula is C3H3IS. The minimum atomic E-state index is 0.0117. The first-order valence-corrected chi connectivity index (χ1v) is 5.93. The Labute approximate surface area is 44.5 Å². The van der Waals surface area contributed by atoms with Crippen LogP contribution in [0.25, 0.3) is 0 Å². The molecular weight excluding hydrogens is 195 g/mol. The van der Waals surface area contributed by atoms with Crippen LogP contribution in [0, 0.1) is 0 Å². The van der Waals surface area contributed by atoms with Gasteiger partial charge in [-0.1, -0.05) is 0 Å². The topological polar surface area (TPSA) is 0 Å². The molecule has 0 amide bonds. The van der Waals surface area contributed by atoms with Gasteiger partial charge in [0, 0.05) is 5.75 Å². The number of rotatable bonds is 0. The van der Waals surface area contributed by atoms with Crippen LogP contribution in [0.2, 0.25) is 0 Å². The molecule has 2 rings (SSSR count). The Morgan fingerprint density at radius 3 is 2.20 bits per heavy atom. The highest BCUT2D eigenvalue weighted by molar-refractivity contribution is 14.2. The van der Waals surface area contributed by atoms with Crippen LogP contribution in [-0.4, -0.2) is 5.75 Å². The summed E-state index contributed by atoms with van der Waals surface area (Å²) in [5.41, 5.74) is 0. The summed E-state index contributed by atoms with van der Waals surface area (Å²) in [6.07, 6.45) is 0. The quantitative estimate of drug-likeness (QED) is 0.412. The summed E-state index contributed by atoms with van der Waals surface area (Å²) in [7, 11) is 0.0117. The smallest absolute Gasteiger partial charge is 0.0242 e. The standard InChI is InChI=1S/C3H3IS/c4-5-1-3(5)2-5/h1H,2H2. The average Bonchev–Trinajstić information content (AvgIpc) is 1.74. The predicted molar refractivity (Wildman–Crippen MR) is 34.6 cm³/mol. The lowest BCUT2D eigenvalue weighted by atomic mass is 10.8. The molecule has 1 atom stereocenters. The molecule has 0 aromatic carbocycles. The van der Waals surface area contributed by atoms with Crippen molar-refractivity contribution in [2.24, 2.45) is 0 Å². The molecule has 0 aliphatic carbocycles. The summed E-state index contributed by atoms with van der Waals surface area (Å²) in [6.45, 7) is 0. The van der Waals surface area contributed by atoms with E-state index in [1.54, 1.807) is 4.91 Å². The van der Waals surface area contributed by atoms with E-state index in [1.165, 1.54) is 5.75 Å². The Morgan fingerprint density at radius 2 is 2.20 bits per heavy atom. The van der Waals surface area contributed by atoms with E-state index < -0.39 is 0 Å². The lowest BCUT2D eigenvalue weighted by molar-refractivity contribution is 1.91. The summed E-state index contributed by atoms with van der Waals surface area (Å²) in [4.78, 5) is 1.76. The van der Waals surface area contributed by atoms with E-state index in [0.29, 0.717) is 0 Å². The van der Waals surface area contributed by atoms with Gasteiger partial charge in [-0.3, -0.25) is 0 Å². The van der Waals surface area contributed by atoms with Crippen LogP contribution in [-0.2, 0) is 0 Å². The number of fused-ring (bicyclic) bond motifs is 1. The van der Waals surface area contributed by atoms with Crippen LogP contribution < -0.4 is 0 Å². The van der Waals surface area contributed by atoms with E-state index in [2.05, 4.69) is 26.6 Å². The van der Waals surface area contributed by atoms with E-state index in [-0.39, 0.29) is 7.20 Å². The zero-order valence-corrected chi connectivity index (χ0v) is 5.54. The fraction of sp³-hybridized carbons (Fsp3) is 0.333.